The molecule has 1 amide bonds. The number of hydrogen-bond acceptors (Lipinski definition) is 3. The molecule has 0 bridgehead atoms. The van der Waals surface area contributed by atoms with Gasteiger partial charge in [-0.15, -0.1) is 0 Å². The van der Waals surface area contributed by atoms with Crippen molar-refractivity contribution in [2.75, 3.05) is 27.7 Å². The lowest BCUT2D eigenvalue weighted by Gasteiger charge is -2.22. The van der Waals surface area contributed by atoms with E-state index in [1.807, 2.05) is 10.7 Å². The molecule has 0 saturated carbocycles. The fourth-order valence-electron chi connectivity index (χ4n) is 1.86. The lowest BCUT2D eigenvalue weighted by Crippen LogP contribution is -2.30. The van der Waals surface area contributed by atoms with Crippen LogP contribution in [0.1, 0.15) is 11.4 Å². The molecular formula is C11H18N4O. The molecule has 0 N–H and O–H groups in total. The Kier molecular flexibility index (Phi) is 2.96. The third-order valence-corrected chi connectivity index (χ3v) is 2.87. The van der Waals surface area contributed by atoms with E-state index in [1.165, 1.54) is 5.69 Å². The van der Waals surface area contributed by atoms with E-state index in [0.717, 1.165) is 25.3 Å². The summed E-state index contributed by atoms with van der Waals surface area (Å²) in [5.41, 5.74) is 2.08. The molecule has 0 saturated heterocycles. The van der Waals surface area contributed by atoms with E-state index in [4.69, 9.17) is 0 Å². The average Bonchev–Trinajstić information content (AvgIpc) is 2.58. The van der Waals surface area contributed by atoms with Crippen molar-refractivity contribution in [3.05, 3.63) is 17.5 Å². The summed E-state index contributed by atoms with van der Waals surface area (Å²) in [6.45, 7) is 2.86. The second kappa shape index (κ2) is 4.25. The molecule has 0 atom stereocenters. The maximum atomic E-state index is 11.6. The number of likely N-dealkylation sites (N-methyl/N-ethyl adjacent to an activating group) is 2. The van der Waals surface area contributed by atoms with Crippen LogP contribution in [0.2, 0.25) is 0 Å². The minimum atomic E-state index is 0.101. The smallest absolute Gasteiger partial charge is 0.228 e. The number of hydrogen-bond donors (Lipinski definition) is 0. The Hall–Kier alpha value is -1.36. The minimum Gasteiger partial charge on any atom is -0.348 e. The van der Waals surface area contributed by atoms with E-state index in [2.05, 4.69) is 17.0 Å². The van der Waals surface area contributed by atoms with E-state index in [-0.39, 0.29) is 5.91 Å². The predicted molar refractivity (Wildman–Crippen MR) is 61.0 cm³/mol. The second-order valence-corrected chi connectivity index (χ2v) is 4.55. The number of aromatic nitrogens is 2. The first kappa shape index (κ1) is 11.1. The Labute approximate surface area is 95.6 Å². The van der Waals surface area contributed by atoms with E-state index in [0.29, 0.717) is 6.42 Å². The molecule has 1 aliphatic rings. The fraction of sp³-hybridized carbons (Fsp3) is 0.636. The summed E-state index contributed by atoms with van der Waals surface area (Å²) in [6, 6.07) is 2.04. The second-order valence-electron chi connectivity index (χ2n) is 4.55. The summed E-state index contributed by atoms with van der Waals surface area (Å²) >= 11 is 0. The lowest BCUT2D eigenvalue weighted by molar-refractivity contribution is -0.128. The zero-order valence-corrected chi connectivity index (χ0v) is 10.1. The highest BCUT2D eigenvalue weighted by atomic mass is 16.2. The molecule has 0 spiro atoms. The monoisotopic (exact) mass is 222 g/mol. The summed E-state index contributed by atoms with van der Waals surface area (Å²) in [7, 11) is 5.64. The van der Waals surface area contributed by atoms with Crippen LogP contribution in [0.5, 0.6) is 0 Å². The van der Waals surface area contributed by atoms with Gasteiger partial charge in [0.05, 0.1) is 24.4 Å². The van der Waals surface area contributed by atoms with Gasteiger partial charge in [0.25, 0.3) is 0 Å². The lowest BCUT2D eigenvalue weighted by atomic mass is 10.2. The third kappa shape index (κ3) is 2.24. The van der Waals surface area contributed by atoms with Gasteiger partial charge < -0.3 is 4.90 Å². The van der Waals surface area contributed by atoms with Gasteiger partial charge in [-0.3, -0.25) is 14.4 Å². The molecule has 2 heterocycles. The Balaban J connectivity index is 2.10. The highest BCUT2D eigenvalue weighted by molar-refractivity contribution is 5.77. The van der Waals surface area contributed by atoms with Crippen molar-refractivity contribution in [2.24, 2.45) is 0 Å². The number of carbonyl (C=O) groups is 1. The van der Waals surface area contributed by atoms with Gasteiger partial charge in [-0.25, -0.2) is 0 Å². The summed E-state index contributed by atoms with van der Waals surface area (Å²) in [4.78, 5) is 15.4. The highest BCUT2D eigenvalue weighted by Gasteiger charge is 2.17. The van der Waals surface area contributed by atoms with Gasteiger partial charge in [0.2, 0.25) is 5.91 Å². The summed E-state index contributed by atoms with van der Waals surface area (Å²) < 4.78 is 2.01. The standard InChI is InChI=1S/C11H18N4O/c1-13(2)11(16)7-9-6-10-8-14(3)4-5-15(10)12-9/h6H,4-5,7-8H2,1-3H3. The molecule has 88 valence electrons. The van der Waals surface area contributed by atoms with Crippen LogP contribution in [0.25, 0.3) is 0 Å². The number of rotatable bonds is 2. The Morgan fingerprint density at radius 3 is 2.94 bits per heavy atom. The van der Waals surface area contributed by atoms with Crippen molar-refractivity contribution in [3.63, 3.8) is 0 Å². The van der Waals surface area contributed by atoms with Crippen LogP contribution < -0.4 is 0 Å². The van der Waals surface area contributed by atoms with Crippen molar-refractivity contribution < 1.29 is 4.79 Å². The van der Waals surface area contributed by atoms with Crippen molar-refractivity contribution in [1.29, 1.82) is 0 Å². The van der Waals surface area contributed by atoms with Gasteiger partial charge in [0.1, 0.15) is 0 Å². The Morgan fingerprint density at radius 2 is 2.25 bits per heavy atom. The van der Waals surface area contributed by atoms with Crippen LogP contribution in [-0.2, 0) is 24.3 Å². The summed E-state index contributed by atoms with van der Waals surface area (Å²) in [5, 5.41) is 4.45. The summed E-state index contributed by atoms with van der Waals surface area (Å²) in [5.74, 6) is 0.101. The zero-order valence-electron chi connectivity index (χ0n) is 10.1. The third-order valence-electron chi connectivity index (χ3n) is 2.87. The van der Waals surface area contributed by atoms with Crippen molar-refractivity contribution in [2.45, 2.75) is 19.5 Å². The van der Waals surface area contributed by atoms with Gasteiger partial charge in [0, 0.05) is 27.2 Å². The molecule has 5 nitrogen and oxygen atoms in total. The average molecular weight is 222 g/mol. The molecule has 0 unspecified atom stereocenters. The van der Waals surface area contributed by atoms with Crippen molar-refractivity contribution in [3.8, 4) is 0 Å². The maximum absolute atomic E-state index is 11.6. The van der Waals surface area contributed by atoms with Crippen LogP contribution in [0.15, 0.2) is 6.07 Å². The molecule has 2 rings (SSSR count). The first-order valence-corrected chi connectivity index (χ1v) is 5.50. The maximum Gasteiger partial charge on any atom is 0.228 e. The van der Waals surface area contributed by atoms with Gasteiger partial charge in [-0.1, -0.05) is 0 Å². The number of amides is 1. The number of carbonyl (C=O) groups excluding carboxylic acids is 1. The molecule has 5 heteroatoms. The van der Waals surface area contributed by atoms with Gasteiger partial charge in [-0.05, 0) is 13.1 Å². The zero-order chi connectivity index (χ0) is 11.7. The molecular weight excluding hydrogens is 204 g/mol. The fourth-order valence-corrected chi connectivity index (χ4v) is 1.86. The van der Waals surface area contributed by atoms with Crippen LogP contribution in [0.3, 0.4) is 0 Å². The van der Waals surface area contributed by atoms with Crippen molar-refractivity contribution in [1.82, 2.24) is 19.6 Å². The molecule has 0 aromatic carbocycles. The molecule has 0 aliphatic carbocycles. The Bertz CT molecular complexity index is 397. The SMILES string of the molecule is CN1CCn2nc(CC(=O)N(C)C)cc2C1. The molecule has 0 fully saturated rings. The first-order valence-electron chi connectivity index (χ1n) is 5.50. The molecule has 1 aliphatic heterocycles. The Morgan fingerprint density at radius 1 is 1.50 bits per heavy atom. The van der Waals surface area contributed by atoms with Gasteiger partial charge in [-0.2, -0.15) is 5.10 Å². The van der Waals surface area contributed by atoms with Crippen LogP contribution in [-0.4, -0.2) is 53.2 Å². The van der Waals surface area contributed by atoms with Crippen molar-refractivity contribution >= 4 is 5.91 Å². The predicted octanol–water partition coefficient (Wildman–Crippen LogP) is -0.0408. The van der Waals surface area contributed by atoms with Gasteiger partial charge >= 0.3 is 0 Å². The topological polar surface area (TPSA) is 41.4 Å². The van der Waals surface area contributed by atoms with E-state index in [9.17, 15) is 4.79 Å². The normalized spacial score (nSPS) is 15.9. The van der Waals surface area contributed by atoms with E-state index >= 15 is 0 Å². The largest absolute Gasteiger partial charge is 0.348 e. The number of fused-ring (bicyclic) bond motifs is 1. The molecule has 1 aromatic heterocycles. The van der Waals surface area contributed by atoms with Crippen LogP contribution in [0.4, 0.5) is 0 Å². The number of nitrogens with zero attached hydrogens (tertiary/aromatic N) is 4. The van der Waals surface area contributed by atoms with Gasteiger partial charge in [0.15, 0.2) is 0 Å². The van der Waals surface area contributed by atoms with E-state index in [1.54, 1.807) is 19.0 Å². The van der Waals surface area contributed by atoms with Crippen LogP contribution in [0, 0.1) is 0 Å². The van der Waals surface area contributed by atoms with Crippen LogP contribution >= 0.6 is 0 Å². The quantitative estimate of drug-likeness (QED) is 0.705. The molecule has 0 radical (unpaired) electrons. The minimum absolute atomic E-state index is 0.101. The molecule has 16 heavy (non-hydrogen) atoms. The first-order chi connectivity index (χ1) is 7.56. The summed E-state index contributed by atoms with van der Waals surface area (Å²) in [6.07, 6.45) is 0.400. The highest BCUT2D eigenvalue weighted by Crippen LogP contribution is 2.12. The molecule has 1 aromatic rings. The van der Waals surface area contributed by atoms with E-state index < -0.39 is 0 Å².